The van der Waals surface area contributed by atoms with E-state index < -0.39 is 5.60 Å². The molecule has 1 aromatic rings. The Kier molecular flexibility index (Phi) is 5.26. The maximum atomic E-state index is 12.3. The van der Waals surface area contributed by atoms with E-state index in [4.69, 9.17) is 9.47 Å². The lowest BCUT2D eigenvalue weighted by Gasteiger charge is -2.26. The third-order valence-electron chi connectivity index (χ3n) is 4.99. The van der Waals surface area contributed by atoms with Crippen LogP contribution in [0.3, 0.4) is 0 Å². The summed E-state index contributed by atoms with van der Waals surface area (Å²) in [6.07, 6.45) is 2.29. The second kappa shape index (κ2) is 7.29. The first-order valence-corrected chi connectivity index (χ1v) is 9.54. The second-order valence-corrected chi connectivity index (χ2v) is 8.20. The Labute approximate surface area is 155 Å². The normalized spacial score (nSPS) is 22.2. The summed E-state index contributed by atoms with van der Waals surface area (Å²) in [4.78, 5) is 26.0. The van der Waals surface area contributed by atoms with Crippen molar-refractivity contribution in [1.82, 2.24) is 4.90 Å². The van der Waals surface area contributed by atoms with Crippen LogP contribution in [0.2, 0.25) is 0 Å². The zero-order valence-corrected chi connectivity index (χ0v) is 16.2. The Morgan fingerprint density at radius 2 is 1.85 bits per heavy atom. The maximum Gasteiger partial charge on any atom is 0.410 e. The first-order valence-electron chi connectivity index (χ1n) is 9.54. The SMILES string of the molecule is CCOC(=O)C1CC1c1ccc2c(c1)CCN(C(=O)OC(C)(C)C)CC2. The molecule has 142 valence electrons. The van der Waals surface area contributed by atoms with Crippen molar-refractivity contribution in [2.24, 2.45) is 5.92 Å². The van der Waals surface area contributed by atoms with E-state index in [0.29, 0.717) is 19.7 Å². The van der Waals surface area contributed by atoms with E-state index in [1.54, 1.807) is 4.90 Å². The number of fused-ring (bicyclic) bond motifs is 1. The molecule has 1 heterocycles. The summed E-state index contributed by atoms with van der Waals surface area (Å²) in [7, 11) is 0. The minimum absolute atomic E-state index is 0.0111. The van der Waals surface area contributed by atoms with E-state index in [0.717, 1.165) is 19.3 Å². The van der Waals surface area contributed by atoms with Gasteiger partial charge in [0.05, 0.1) is 12.5 Å². The van der Waals surface area contributed by atoms with E-state index in [1.165, 1.54) is 16.7 Å². The maximum absolute atomic E-state index is 12.3. The quantitative estimate of drug-likeness (QED) is 0.773. The Balaban J connectivity index is 1.64. The third kappa shape index (κ3) is 4.37. The summed E-state index contributed by atoms with van der Waals surface area (Å²) in [6.45, 7) is 9.28. The summed E-state index contributed by atoms with van der Waals surface area (Å²) in [5.74, 6) is 0.213. The van der Waals surface area contributed by atoms with Crippen LogP contribution in [0.4, 0.5) is 4.79 Å². The lowest BCUT2D eigenvalue weighted by Crippen LogP contribution is -2.38. The van der Waals surface area contributed by atoms with Gasteiger partial charge in [0.15, 0.2) is 0 Å². The standard InChI is InChI=1S/C21H29NO4/c1-5-25-19(23)18-13-17(18)16-7-6-14-8-10-22(11-9-15(14)12-16)20(24)26-21(2,3)4/h6-7,12,17-18H,5,8-11,13H2,1-4H3. The number of ether oxygens (including phenoxy) is 2. The van der Waals surface area contributed by atoms with Crippen LogP contribution >= 0.6 is 0 Å². The van der Waals surface area contributed by atoms with Gasteiger partial charge in [-0.15, -0.1) is 0 Å². The molecule has 1 aromatic carbocycles. The fraction of sp³-hybridized carbons (Fsp3) is 0.619. The van der Waals surface area contributed by atoms with Crippen molar-refractivity contribution in [2.45, 2.75) is 58.5 Å². The van der Waals surface area contributed by atoms with Crippen molar-refractivity contribution in [1.29, 1.82) is 0 Å². The number of hydrogen-bond donors (Lipinski definition) is 0. The molecule has 0 bridgehead atoms. The molecule has 2 atom stereocenters. The molecule has 1 saturated carbocycles. The molecule has 2 unspecified atom stereocenters. The molecule has 26 heavy (non-hydrogen) atoms. The number of amides is 1. The van der Waals surface area contributed by atoms with Gasteiger partial charge in [-0.25, -0.2) is 4.79 Å². The number of carbonyl (C=O) groups excluding carboxylic acids is 2. The Morgan fingerprint density at radius 1 is 1.15 bits per heavy atom. The monoisotopic (exact) mass is 359 g/mol. The van der Waals surface area contributed by atoms with Crippen LogP contribution in [0.25, 0.3) is 0 Å². The average Bonchev–Trinajstić information content (AvgIpc) is 3.36. The first kappa shape index (κ1) is 18.7. The van der Waals surface area contributed by atoms with Crippen molar-refractivity contribution in [3.05, 3.63) is 34.9 Å². The van der Waals surface area contributed by atoms with Gasteiger partial charge in [-0.1, -0.05) is 18.2 Å². The van der Waals surface area contributed by atoms with E-state index in [9.17, 15) is 9.59 Å². The molecule has 0 N–H and O–H groups in total. The minimum Gasteiger partial charge on any atom is -0.466 e. The topological polar surface area (TPSA) is 55.8 Å². The van der Waals surface area contributed by atoms with Crippen molar-refractivity contribution in [3.63, 3.8) is 0 Å². The van der Waals surface area contributed by atoms with E-state index in [-0.39, 0.29) is 23.9 Å². The average molecular weight is 359 g/mol. The molecule has 0 aromatic heterocycles. The highest BCUT2D eigenvalue weighted by atomic mass is 16.6. The predicted octanol–water partition coefficient (Wildman–Crippen LogP) is 3.69. The molecular weight excluding hydrogens is 330 g/mol. The lowest BCUT2D eigenvalue weighted by atomic mass is 9.97. The molecule has 0 saturated heterocycles. The van der Waals surface area contributed by atoms with Gasteiger partial charge in [-0.3, -0.25) is 4.79 Å². The van der Waals surface area contributed by atoms with Crippen molar-refractivity contribution >= 4 is 12.1 Å². The van der Waals surface area contributed by atoms with Crippen LogP contribution in [-0.2, 0) is 27.1 Å². The molecule has 1 aliphatic heterocycles. The Bertz CT molecular complexity index is 692. The summed E-state index contributed by atoms with van der Waals surface area (Å²) in [6, 6.07) is 6.51. The van der Waals surface area contributed by atoms with Crippen LogP contribution in [-0.4, -0.2) is 42.3 Å². The van der Waals surface area contributed by atoms with Crippen LogP contribution in [0, 0.1) is 5.92 Å². The van der Waals surface area contributed by atoms with E-state index in [1.807, 2.05) is 27.7 Å². The number of nitrogens with zero attached hydrogens (tertiary/aromatic N) is 1. The van der Waals surface area contributed by atoms with Crippen LogP contribution in [0.5, 0.6) is 0 Å². The smallest absolute Gasteiger partial charge is 0.410 e. The van der Waals surface area contributed by atoms with Gasteiger partial charge in [0.1, 0.15) is 5.60 Å². The number of esters is 1. The highest BCUT2D eigenvalue weighted by molar-refractivity contribution is 5.77. The molecule has 3 rings (SSSR count). The van der Waals surface area contributed by atoms with Gasteiger partial charge in [0.25, 0.3) is 0 Å². The molecule has 2 aliphatic rings. The highest BCUT2D eigenvalue weighted by Crippen LogP contribution is 2.48. The van der Waals surface area contributed by atoms with Gasteiger partial charge in [0.2, 0.25) is 0 Å². The largest absolute Gasteiger partial charge is 0.466 e. The molecule has 5 heteroatoms. The Morgan fingerprint density at radius 3 is 2.50 bits per heavy atom. The predicted molar refractivity (Wildman–Crippen MR) is 99.1 cm³/mol. The Hall–Kier alpha value is -2.04. The molecule has 1 aliphatic carbocycles. The molecule has 0 spiro atoms. The van der Waals surface area contributed by atoms with Gasteiger partial charge >= 0.3 is 12.1 Å². The fourth-order valence-electron chi connectivity index (χ4n) is 3.56. The van der Waals surface area contributed by atoms with Crippen LogP contribution < -0.4 is 0 Å². The molecule has 5 nitrogen and oxygen atoms in total. The molecular formula is C21H29NO4. The third-order valence-corrected chi connectivity index (χ3v) is 4.99. The number of carbonyl (C=O) groups is 2. The first-order chi connectivity index (χ1) is 12.3. The van der Waals surface area contributed by atoms with Crippen molar-refractivity contribution in [2.75, 3.05) is 19.7 Å². The van der Waals surface area contributed by atoms with E-state index in [2.05, 4.69) is 18.2 Å². The van der Waals surface area contributed by atoms with Crippen molar-refractivity contribution in [3.8, 4) is 0 Å². The summed E-state index contributed by atoms with van der Waals surface area (Å²) in [5.41, 5.74) is 3.31. The number of benzene rings is 1. The molecule has 1 amide bonds. The number of rotatable bonds is 3. The second-order valence-electron chi connectivity index (χ2n) is 8.20. The zero-order valence-electron chi connectivity index (χ0n) is 16.2. The van der Waals surface area contributed by atoms with E-state index >= 15 is 0 Å². The zero-order chi connectivity index (χ0) is 18.9. The summed E-state index contributed by atoms with van der Waals surface area (Å²) >= 11 is 0. The number of hydrogen-bond acceptors (Lipinski definition) is 4. The minimum atomic E-state index is -0.475. The van der Waals surface area contributed by atoms with Gasteiger partial charge in [-0.05, 0) is 69.6 Å². The van der Waals surface area contributed by atoms with Gasteiger partial charge in [-0.2, -0.15) is 0 Å². The van der Waals surface area contributed by atoms with Crippen LogP contribution in [0.1, 0.15) is 56.7 Å². The van der Waals surface area contributed by atoms with Gasteiger partial charge < -0.3 is 14.4 Å². The molecule has 0 radical (unpaired) electrons. The van der Waals surface area contributed by atoms with Crippen LogP contribution in [0.15, 0.2) is 18.2 Å². The summed E-state index contributed by atoms with van der Waals surface area (Å²) < 4.78 is 10.6. The van der Waals surface area contributed by atoms with Gasteiger partial charge in [0, 0.05) is 13.1 Å². The fourth-order valence-corrected chi connectivity index (χ4v) is 3.56. The van der Waals surface area contributed by atoms with Crippen molar-refractivity contribution < 1.29 is 19.1 Å². The molecule has 1 fully saturated rings. The summed E-state index contributed by atoms with van der Waals surface area (Å²) in [5, 5.41) is 0. The lowest BCUT2D eigenvalue weighted by molar-refractivity contribution is -0.144. The highest BCUT2D eigenvalue weighted by Gasteiger charge is 2.45.